The number of allylic oxidation sites excluding steroid dienone is 1. The van der Waals surface area contributed by atoms with Gasteiger partial charge >= 0.3 is 0 Å². The van der Waals surface area contributed by atoms with Crippen LogP contribution in [-0.2, 0) is 12.0 Å². The molecule has 2 aliphatic rings. The van der Waals surface area contributed by atoms with Crippen LogP contribution < -0.4 is 0 Å². The standard InChI is InChI=1S/C22H24O/c1-16-9-11-17(12-10-16)19-7-4-5-15-22(23)20-8-3-2-6-18(20)13-14-21(19)22/h2-6,8-12,19,21,23H,7,13-15H2,1H3/t19-,21+,22+/m1/s1. The zero-order chi connectivity index (χ0) is 15.9. The predicted octanol–water partition coefficient (Wildman–Crippen LogP) is 4.88. The van der Waals surface area contributed by atoms with E-state index in [0.717, 1.165) is 31.2 Å². The van der Waals surface area contributed by atoms with Crippen LogP contribution in [0.25, 0.3) is 0 Å². The lowest BCUT2D eigenvalue weighted by Gasteiger charge is -2.44. The van der Waals surface area contributed by atoms with Crippen molar-refractivity contribution in [3.63, 3.8) is 0 Å². The molecule has 0 unspecified atom stereocenters. The molecule has 2 aliphatic carbocycles. The van der Waals surface area contributed by atoms with Gasteiger partial charge in [-0.25, -0.2) is 0 Å². The van der Waals surface area contributed by atoms with Crippen LogP contribution in [-0.4, -0.2) is 5.11 Å². The summed E-state index contributed by atoms with van der Waals surface area (Å²) in [6.45, 7) is 2.13. The highest BCUT2D eigenvalue weighted by Crippen LogP contribution is 2.51. The van der Waals surface area contributed by atoms with E-state index in [2.05, 4.69) is 67.6 Å². The molecule has 0 saturated carbocycles. The average molecular weight is 304 g/mol. The second-order valence-electron chi connectivity index (χ2n) is 7.15. The fourth-order valence-electron chi connectivity index (χ4n) is 4.56. The molecular weight excluding hydrogens is 280 g/mol. The van der Waals surface area contributed by atoms with Crippen LogP contribution in [0.1, 0.15) is 47.4 Å². The van der Waals surface area contributed by atoms with Gasteiger partial charge in [-0.05, 0) is 61.1 Å². The molecule has 0 radical (unpaired) electrons. The molecule has 0 aliphatic heterocycles. The van der Waals surface area contributed by atoms with Crippen molar-refractivity contribution in [2.75, 3.05) is 0 Å². The molecule has 0 heterocycles. The smallest absolute Gasteiger partial charge is 0.0967 e. The molecule has 1 heteroatoms. The lowest BCUT2D eigenvalue weighted by molar-refractivity contribution is -0.0416. The summed E-state index contributed by atoms with van der Waals surface area (Å²) in [5.41, 5.74) is 4.41. The maximum absolute atomic E-state index is 11.7. The predicted molar refractivity (Wildman–Crippen MR) is 94.4 cm³/mol. The highest BCUT2D eigenvalue weighted by molar-refractivity contribution is 5.39. The van der Waals surface area contributed by atoms with Gasteiger partial charge in [-0.1, -0.05) is 66.2 Å². The van der Waals surface area contributed by atoms with Gasteiger partial charge in [0.25, 0.3) is 0 Å². The normalized spacial score (nSPS) is 29.5. The first-order chi connectivity index (χ1) is 11.2. The number of aliphatic hydroxyl groups is 1. The van der Waals surface area contributed by atoms with Gasteiger partial charge in [-0.2, -0.15) is 0 Å². The quantitative estimate of drug-likeness (QED) is 0.745. The summed E-state index contributed by atoms with van der Waals surface area (Å²) in [4.78, 5) is 0. The lowest BCUT2D eigenvalue weighted by atomic mass is 9.64. The van der Waals surface area contributed by atoms with Crippen LogP contribution in [0.3, 0.4) is 0 Å². The van der Waals surface area contributed by atoms with Gasteiger partial charge in [0.2, 0.25) is 0 Å². The van der Waals surface area contributed by atoms with Crippen molar-refractivity contribution < 1.29 is 5.11 Å². The Morgan fingerprint density at radius 2 is 1.78 bits per heavy atom. The third kappa shape index (κ3) is 2.44. The Labute approximate surface area is 138 Å². The molecule has 0 saturated heterocycles. The van der Waals surface area contributed by atoms with Crippen LogP contribution in [0.15, 0.2) is 60.7 Å². The molecule has 0 amide bonds. The highest BCUT2D eigenvalue weighted by Gasteiger charge is 2.46. The van der Waals surface area contributed by atoms with Crippen molar-refractivity contribution in [2.45, 2.75) is 44.1 Å². The van der Waals surface area contributed by atoms with Gasteiger partial charge < -0.3 is 5.11 Å². The number of benzene rings is 2. The monoisotopic (exact) mass is 304 g/mol. The third-order valence-electron chi connectivity index (χ3n) is 5.80. The topological polar surface area (TPSA) is 20.2 Å². The highest BCUT2D eigenvalue weighted by atomic mass is 16.3. The zero-order valence-corrected chi connectivity index (χ0v) is 13.7. The second kappa shape index (κ2) is 5.65. The number of fused-ring (bicyclic) bond motifs is 3. The molecule has 0 spiro atoms. The number of hydrogen-bond donors (Lipinski definition) is 1. The Balaban J connectivity index is 1.79. The molecule has 0 bridgehead atoms. The van der Waals surface area contributed by atoms with Crippen molar-refractivity contribution >= 4 is 0 Å². The summed E-state index contributed by atoms with van der Waals surface area (Å²) in [5, 5.41) is 11.7. The first kappa shape index (κ1) is 14.7. The fraction of sp³-hybridized carbons (Fsp3) is 0.364. The lowest BCUT2D eigenvalue weighted by Crippen LogP contribution is -2.41. The van der Waals surface area contributed by atoms with Gasteiger partial charge in [-0.15, -0.1) is 0 Å². The molecule has 23 heavy (non-hydrogen) atoms. The summed E-state index contributed by atoms with van der Waals surface area (Å²) < 4.78 is 0. The molecule has 2 aromatic rings. The van der Waals surface area contributed by atoms with E-state index in [1.165, 1.54) is 16.7 Å². The summed E-state index contributed by atoms with van der Waals surface area (Å²) in [5.74, 6) is 0.683. The van der Waals surface area contributed by atoms with Crippen LogP contribution in [0.2, 0.25) is 0 Å². The summed E-state index contributed by atoms with van der Waals surface area (Å²) in [7, 11) is 0. The third-order valence-corrected chi connectivity index (χ3v) is 5.80. The molecule has 1 N–H and O–H groups in total. The van der Waals surface area contributed by atoms with Gasteiger partial charge in [0, 0.05) is 0 Å². The Kier molecular flexibility index (Phi) is 3.61. The first-order valence-corrected chi connectivity index (χ1v) is 8.71. The summed E-state index contributed by atoms with van der Waals surface area (Å²) in [6, 6.07) is 17.4. The Hall–Kier alpha value is -1.86. The van der Waals surface area contributed by atoms with Crippen LogP contribution in [0.4, 0.5) is 0 Å². The van der Waals surface area contributed by atoms with Crippen molar-refractivity contribution in [3.8, 4) is 0 Å². The van der Waals surface area contributed by atoms with Crippen LogP contribution in [0, 0.1) is 12.8 Å². The van der Waals surface area contributed by atoms with E-state index in [4.69, 9.17) is 0 Å². The molecule has 4 rings (SSSR count). The number of aryl methyl sites for hydroxylation is 2. The summed E-state index contributed by atoms with van der Waals surface area (Å²) >= 11 is 0. The molecule has 3 atom stereocenters. The maximum atomic E-state index is 11.7. The van der Waals surface area contributed by atoms with E-state index in [1.54, 1.807) is 0 Å². The maximum Gasteiger partial charge on any atom is 0.0967 e. The van der Waals surface area contributed by atoms with Gasteiger partial charge in [0.1, 0.15) is 0 Å². The van der Waals surface area contributed by atoms with Gasteiger partial charge in [-0.3, -0.25) is 0 Å². The molecule has 2 aromatic carbocycles. The van der Waals surface area contributed by atoms with Gasteiger partial charge in [0.05, 0.1) is 5.60 Å². The van der Waals surface area contributed by atoms with E-state index in [-0.39, 0.29) is 5.92 Å². The Morgan fingerprint density at radius 1 is 1.00 bits per heavy atom. The number of hydrogen-bond acceptors (Lipinski definition) is 1. The minimum atomic E-state index is -0.725. The minimum Gasteiger partial charge on any atom is -0.385 e. The van der Waals surface area contributed by atoms with E-state index >= 15 is 0 Å². The Bertz CT molecular complexity index is 728. The molecule has 1 nitrogen and oxygen atoms in total. The van der Waals surface area contributed by atoms with E-state index < -0.39 is 5.60 Å². The summed E-state index contributed by atoms with van der Waals surface area (Å²) in [6.07, 6.45) is 8.35. The molecule has 118 valence electrons. The zero-order valence-electron chi connectivity index (χ0n) is 13.7. The van der Waals surface area contributed by atoms with E-state index in [9.17, 15) is 5.11 Å². The van der Waals surface area contributed by atoms with Crippen molar-refractivity contribution in [1.29, 1.82) is 0 Å². The van der Waals surface area contributed by atoms with Crippen molar-refractivity contribution in [3.05, 3.63) is 82.9 Å². The van der Waals surface area contributed by atoms with Gasteiger partial charge in [0.15, 0.2) is 0 Å². The largest absolute Gasteiger partial charge is 0.385 e. The van der Waals surface area contributed by atoms with Crippen LogP contribution in [0.5, 0.6) is 0 Å². The fourth-order valence-corrected chi connectivity index (χ4v) is 4.56. The Morgan fingerprint density at radius 3 is 2.61 bits per heavy atom. The number of rotatable bonds is 1. The van der Waals surface area contributed by atoms with Crippen molar-refractivity contribution in [1.82, 2.24) is 0 Å². The van der Waals surface area contributed by atoms with E-state index in [0.29, 0.717) is 5.92 Å². The molecular formula is C22H24O. The minimum absolute atomic E-state index is 0.287. The second-order valence-corrected chi connectivity index (χ2v) is 7.15. The molecule has 0 fully saturated rings. The first-order valence-electron chi connectivity index (χ1n) is 8.71. The molecule has 0 aromatic heterocycles. The SMILES string of the molecule is Cc1ccc([C@H]2CC=CC[C@]3(O)c4ccccc4CC[C@@H]23)cc1. The average Bonchev–Trinajstić information content (AvgIpc) is 2.75. The van der Waals surface area contributed by atoms with Crippen LogP contribution >= 0.6 is 0 Å². The van der Waals surface area contributed by atoms with E-state index in [1.807, 2.05) is 0 Å². The van der Waals surface area contributed by atoms with Crippen molar-refractivity contribution in [2.24, 2.45) is 5.92 Å².